The van der Waals surface area contributed by atoms with E-state index >= 15 is 0 Å². The number of amides is 1. The molecule has 0 radical (unpaired) electrons. The highest BCUT2D eigenvalue weighted by Crippen LogP contribution is 1.95. The number of hydrogen-bond acceptors (Lipinski definition) is 3. The Morgan fingerprint density at radius 1 is 1.54 bits per heavy atom. The summed E-state index contributed by atoms with van der Waals surface area (Å²) in [6.45, 7) is 2.25. The third-order valence-corrected chi connectivity index (χ3v) is 1.99. The second-order valence-electron chi connectivity index (χ2n) is 2.18. The molecule has 0 aliphatic heterocycles. The molecule has 1 amide bonds. The van der Waals surface area contributed by atoms with Crippen molar-refractivity contribution in [3.05, 3.63) is 12.2 Å². The molecule has 13 heavy (non-hydrogen) atoms. The van der Waals surface area contributed by atoms with Gasteiger partial charge in [0.2, 0.25) is 5.91 Å². The van der Waals surface area contributed by atoms with E-state index in [0.717, 1.165) is 11.8 Å². The Balaban J connectivity index is 3.42. The van der Waals surface area contributed by atoms with Gasteiger partial charge in [0.15, 0.2) is 0 Å². The molecule has 0 fully saturated rings. The van der Waals surface area contributed by atoms with Crippen LogP contribution in [0.2, 0.25) is 0 Å². The van der Waals surface area contributed by atoms with Gasteiger partial charge in [-0.05, 0) is 5.75 Å². The largest absolute Gasteiger partial charge is 0.478 e. The minimum absolute atomic E-state index is 0.0677. The molecule has 0 spiro atoms. The average molecular weight is 203 g/mol. The summed E-state index contributed by atoms with van der Waals surface area (Å²) in [6, 6.07) is 0. The predicted octanol–water partition coefficient (Wildman–Crippen LogP) is 0.496. The molecule has 4 nitrogen and oxygen atoms in total. The van der Waals surface area contributed by atoms with Gasteiger partial charge in [0.25, 0.3) is 0 Å². The fraction of sp³-hybridized carbons (Fsp3) is 0.500. The number of nitrogens with one attached hydrogen (secondary N) is 1. The number of aliphatic carboxylic acids is 1. The molecule has 0 aliphatic rings. The summed E-state index contributed by atoms with van der Waals surface area (Å²) in [5.41, 5.74) is 0. The Morgan fingerprint density at radius 2 is 2.23 bits per heavy atom. The van der Waals surface area contributed by atoms with Crippen LogP contribution in [-0.2, 0) is 9.59 Å². The molecule has 0 heterocycles. The van der Waals surface area contributed by atoms with Crippen LogP contribution in [0.1, 0.15) is 6.92 Å². The van der Waals surface area contributed by atoms with Crippen molar-refractivity contribution < 1.29 is 14.7 Å². The van der Waals surface area contributed by atoms with E-state index in [-0.39, 0.29) is 12.5 Å². The summed E-state index contributed by atoms with van der Waals surface area (Å²) in [6.07, 6.45) is 2.41. The lowest BCUT2D eigenvalue weighted by Crippen LogP contribution is -2.25. The van der Waals surface area contributed by atoms with E-state index in [9.17, 15) is 9.59 Å². The SMILES string of the molecule is CCSCC(=O)NC/C=C\C(=O)O. The van der Waals surface area contributed by atoms with Gasteiger partial charge in [-0.25, -0.2) is 4.79 Å². The molecule has 0 aromatic heterocycles. The highest BCUT2D eigenvalue weighted by Gasteiger charge is 1.97. The van der Waals surface area contributed by atoms with Gasteiger partial charge in [-0.3, -0.25) is 4.79 Å². The molecule has 74 valence electrons. The van der Waals surface area contributed by atoms with Crippen molar-refractivity contribution in [1.82, 2.24) is 5.32 Å². The van der Waals surface area contributed by atoms with Gasteiger partial charge < -0.3 is 10.4 Å². The Labute approximate surface area is 81.4 Å². The Bertz CT molecular complexity index is 204. The number of hydrogen-bond donors (Lipinski definition) is 2. The summed E-state index contributed by atoms with van der Waals surface area (Å²) in [4.78, 5) is 20.9. The number of carbonyl (C=O) groups excluding carboxylic acids is 1. The lowest BCUT2D eigenvalue weighted by Gasteiger charge is -1.99. The molecule has 0 saturated carbocycles. The topological polar surface area (TPSA) is 66.4 Å². The molecule has 5 heteroatoms. The molecule has 0 rings (SSSR count). The molecule has 0 atom stereocenters. The highest BCUT2D eigenvalue weighted by atomic mass is 32.2. The Hall–Kier alpha value is -0.970. The van der Waals surface area contributed by atoms with E-state index in [2.05, 4.69) is 5.32 Å². The number of rotatable bonds is 6. The highest BCUT2D eigenvalue weighted by molar-refractivity contribution is 7.99. The molecule has 0 saturated heterocycles. The first-order valence-electron chi connectivity index (χ1n) is 3.90. The van der Waals surface area contributed by atoms with Gasteiger partial charge in [0, 0.05) is 12.6 Å². The van der Waals surface area contributed by atoms with Crippen LogP contribution in [0.3, 0.4) is 0 Å². The first kappa shape index (κ1) is 12.0. The molecule has 0 aromatic carbocycles. The van der Waals surface area contributed by atoms with Gasteiger partial charge in [-0.2, -0.15) is 11.8 Å². The van der Waals surface area contributed by atoms with Crippen LogP contribution in [0.4, 0.5) is 0 Å². The minimum atomic E-state index is -1.00. The molecule has 0 bridgehead atoms. The number of carboxylic acid groups (broad SMARTS) is 1. The standard InChI is InChI=1S/C8H13NO3S/c1-2-13-6-7(10)9-5-3-4-8(11)12/h3-4H,2,5-6H2,1H3,(H,9,10)(H,11,12)/b4-3-. The number of carbonyl (C=O) groups is 2. The van der Waals surface area contributed by atoms with Crippen molar-refractivity contribution in [2.75, 3.05) is 18.1 Å². The lowest BCUT2D eigenvalue weighted by molar-refractivity contribution is -0.131. The van der Waals surface area contributed by atoms with Crippen molar-refractivity contribution in [2.45, 2.75) is 6.92 Å². The predicted molar refractivity (Wildman–Crippen MR) is 52.8 cm³/mol. The summed E-state index contributed by atoms with van der Waals surface area (Å²) in [7, 11) is 0. The summed E-state index contributed by atoms with van der Waals surface area (Å²) >= 11 is 1.53. The van der Waals surface area contributed by atoms with Crippen LogP contribution in [0.25, 0.3) is 0 Å². The third-order valence-electron chi connectivity index (χ3n) is 1.11. The van der Waals surface area contributed by atoms with Crippen LogP contribution in [-0.4, -0.2) is 35.0 Å². The van der Waals surface area contributed by atoms with E-state index in [4.69, 9.17) is 5.11 Å². The maximum atomic E-state index is 10.9. The van der Waals surface area contributed by atoms with E-state index in [1.165, 1.54) is 17.8 Å². The quantitative estimate of drug-likeness (QED) is 0.617. The monoisotopic (exact) mass is 203 g/mol. The molecule has 0 aromatic rings. The molecular formula is C8H13NO3S. The average Bonchev–Trinajstić information content (AvgIpc) is 2.08. The normalized spacial score (nSPS) is 10.2. The van der Waals surface area contributed by atoms with E-state index in [1.807, 2.05) is 6.92 Å². The summed E-state index contributed by atoms with van der Waals surface area (Å²) in [5, 5.41) is 10.8. The van der Waals surface area contributed by atoms with Crippen molar-refractivity contribution >= 4 is 23.6 Å². The zero-order chi connectivity index (χ0) is 10.1. The smallest absolute Gasteiger partial charge is 0.328 e. The van der Waals surface area contributed by atoms with Crippen LogP contribution in [0.15, 0.2) is 12.2 Å². The fourth-order valence-electron chi connectivity index (χ4n) is 0.578. The second kappa shape index (κ2) is 7.67. The van der Waals surface area contributed by atoms with Crippen molar-refractivity contribution in [3.63, 3.8) is 0 Å². The van der Waals surface area contributed by atoms with Crippen molar-refractivity contribution in [3.8, 4) is 0 Å². The van der Waals surface area contributed by atoms with E-state index in [1.54, 1.807) is 0 Å². The molecular weight excluding hydrogens is 190 g/mol. The van der Waals surface area contributed by atoms with E-state index < -0.39 is 5.97 Å². The van der Waals surface area contributed by atoms with E-state index in [0.29, 0.717) is 5.75 Å². The third kappa shape index (κ3) is 8.94. The maximum Gasteiger partial charge on any atom is 0.328 e. The minimum Gasteiger partial charge on any atom is -0.478 e. The summed E-state index contributed by atoms with van der Waals surface area (Å²) in [5.74, 6) is 0.259. The first-order chi connectivity index (χ1) is 6.16. The van der Waals surface area contributed by atoms with Crippen molar-refractivity contribution in [2.24, 2.45) is 0 Å². The Kier molecular flexibility index (Phi) is 7.10. The van der Waals surface area contributed by atoms with Crippen LogP contribution >= 0.6 is 11.8 Å². The second-order valence-corrected chi connectivity index (χ2v) is 3.46. The zero-order valence-electron chi connectivity index (χ0n) is 7.45. The molecule has 0 aliphatic carbocycles. The first-order valence-corrected chi connectivity index (χ1v) is 5.06. The van der Waals surface area contributed by atoms with Crippen LogP contribution in [0, 0.1) is 0 Å². The molecule has 0 unspecified atom stereocenters. The number of carboxylic acids is 1. The lowest BCUT2D eigenvalue weighted by atomic mass is 10.5. The van der Waals surface area contributed by atoms with Gasteiger partial charge in [-0.15, -0.1) is 0 Å². The maximum absolute atomic E-state index is 10.9. The van der Waals surface area contributed by atoms with Gasteiger partial charge in [0.1, 0.15) is 0 Å². The number of thioether (sulfide) groups is 1. The fourth-order valence-corrected chi connectivity index (χ4v) is 1.07. The molecule has 2 N–H and O–H groups in total. The zero-order valence-corrected chi connectivity index (χ0v) is 8.26. The van der Waals surface area contributed by atoms with Gasteiger partial charge >= 0.3 is 5.97 Å². The van der Waals surface area contributed by atoms with Gasteiger partial charge in [0.05, 0.1) is 5.75 Å². The van der Waals surface area contributed by atoms with Crippen LogP contribution in [0.5, 0.6) is 0 Å². The van der Waals surface area contributed by atoms with Crippen molar-refractivity contribution in [1.29, 1.82) is 0 Å². The summed E-state index contributed by atoms with van der Waals surface area (Å²) < 4.78 is 0. The van der Waals surface area contributed by atoms with Gasteiger partial charge in [-0.1, -0.05) is 13.0 Å². The Morgan fingerprint density at radius 3 is 2.77 bits per heavy atom. The van der Waals surface area contributed by atoms with Crippen LogP contribution < -0.4 is 5.32 Å².